The van der Waals surface area contributed by atoms with Gasteiger partial charge in [-0.15, -0.1) is 0 Å². The fraction of sp³-hybridized carbons (Fsp3) is 0.0169. The normalized spacial score (nSPS) is 11.4. The number of rotatable bonds is 7. The monoisotopic (exact) mass is 806 g/mol. The van der Waals surface area contributed by atoms with Gasteiger partial charge in [-0.05, 0) is 88.5 Å². The number of benzene rings is 9. The Hall–Kier alpha value is -8.34. The van der Waals surface area contributed by atoms with Crippen LogP contribution in [0.2, 0.25) is 0 Å². The van der Waals surface area contributed by atoms with Crippen molar-refractivity contribution in [3.05, 3.63) is 231 Å². The highest BCUT2D eigenvalue weighted by molar-refractivity contribution is 6.16. The van der Waals surface area contributed by atoms with Gasteiger partial charge < -0.3 is 4.57 Å². The van der Waals surface area contributed by atoms with E-state index in [2.05, 4.69) is 228 Å². The first-order valence-corrected chi connectivity index (χ1v) is 21.1. The molecular weight excluding hydrogens is 765 g/mol. The Morgan fingerprint density at radius 1 is 0.286 bits per heavy atom. The standard InChI is InChI=1S/C58H38N4.CH4/c1-6-18-39(19-7-1)45-36-48(40-20-8-2-9-21-40)57-51(37-45)50-35-44(43-30-32-55-49(34-43)47-28-16-17-29-54(47)61(55)46-26-14-5-15-27-46)31-33-56(50)62(57)58-59-52(41-22-10-3-11-23-41)38-53(60-58)42-24-12-4-13-25-42;/h1-38H;1H4. The van der Waals surface area contributed by atoms with Gasteiger partial charge in [0.25, 0.3) is 0 Å². The van der Waals surface area contributed by atoms with Crippen LogP contribution in [0.4, 0.5) is 0 Å². The lowest BCUT2D eigenvalue weighted by atomic mass is 9.95. The Labute approximate surface area is 366 Å². The summed E-state index contributed by atoms with van der Waals surface area (Å²) in [5.74, 6) is 0.623. The number of aromatic nitrogens is 4. The minimum absolute atomic E-state index is 0. The van der Waals surface area contributed by atoms with Gasteiger partial charge in [0.1, 0.15) is 0 Å². The summed E-state index contributed by atoms with van der Waals surface area (Å²) in [6, 6.07) is 82.2. The van der Waals surface area contributed by atoms with E-state index in [1.54, 1.807) is 0 Å². The highest BCUT2D eigenvalue weighted by atomic mass is 15.2. The Bertz CT molecular complexity index is 3540. The van der Waals surface area contributed by atoms with Crippen molar-refractivity contribution in [1.82, 2.24) is 19.1 Å². The molecule has 0 unspecified atom stereocenters. The summed E-state index contributed by atoms with van der Waals surface area (Å²) in [5.41, 5.74) is 16.3. The first-order valence-electron chi connectivity index (χ1n) is 21.1. The van der Waals surface area contributed by atoms with Gasteiger partial charge in [0, 0.05) is 43.9 Å². The zero-order valence-electron chi connectivity index (χ0n) is 33.7. The van der Waals surface area contributed by atoms with Gasteiger partial charge in [-0.2, -0.15) is 0 Å². The average molecular weight is 807 g/mol. The summed E-state index contributed by atoms with van der Waals surface area (Å²) in [5, 5.41) is 4.73. The van der Waals surface area contributed by atoms with Gasteiger partial charge >= 0.3 is 0 Å². The molecule has 298 valence electrons. The Morgan fingerprint density at radius 2 is 0.730 bits per heavy atom. The molecular formula is C59H42N4. The van der Waals surface area contributed by atoms with Crippen LogP contribution in [-0.4, -0.2) is 19.1 Å². The maximum absolute atomic E-state index is 5.41. The molecule has 4 heteroatoms. The average Bonchev–Trinajstić information content (AvgIpc) is 3.87. The number of hydrogen-bond acceptors (Lipinski definition) is 2. The molecule has 9 aromatic carbocycles. The number of para-hydroxylation sites is 2. The van der Waals surface area contributed by atoms with E-state index in [9.17, 15) is 0 Å². The van der Waals surface area contributed by atoms with Gasteiger partial charge in [0.2, 0.25) is 5.95 Å². The van der Waals surface area contributed by atoms with E-state index < -0.39 is 0 Å². The second-order valence-corrected chi connectivity index (χ2v) is 15.8. The van der Waals surface area contributed by atoms with Gasteiger partial charge in [-0.25, -0.2) is 9.97 Å². The van der Waals surface area contributed by atoms with E-state index in [0.717, 1.165) is 83.4 Å². The third-order valence-electron chi connectivity index (χ3n) is 12.1. The van der Waals surface area contributed by atoms with Crippen molar-refractivity contribution < 1.29 is 0 Å². The number of fused-ring (bicyclic) bond motifs is 6. The molecule has 0 bridgehead atoms. The van der Waals surface area contributed by atoms with Gasteiger partial charge in [0.05, 0.1) is 33.5 Å². The lowest BCUT2D eigenvalue weighted by molar-refractivity contribution is 0.996. The maximum atomic E-state index is 5.41. The Morgan fingerprint density at radius 3 is 1.32 bits per heavy atom. The molecule has 0 aliphatic carbocycles. The molecule has 63 heavy (non-hydrogen) atoms. The molecule has 3 aromatic heterocycles. The van der Waals surface area contributed by atoms with Crippen molar-refractivity contribution in [1.29, 1.82) is 0 Å². The topological polar surface area (TPSA) is 35.6 Å². The summed E-state index contributed by atoms with van der Waals surface area (Å²) in [7, 11) is 0. The molecule has 0 N–H and O–H groups in total. The Balaban J connectivity index is 0.00000444. The molecule has 0 aliphatic rings. The third-order valence-corrected chi connectivity index (χ3v) is 12.1. The molecule has 0 radical (unpaired) electrons. The van der Waals surface area contributed by atoms with E-state index >= 15 is 0 Å². The van der Waals surface area contributed by atoms with Crippen LogP contribution in [0.1, 0.15) is 7.43 Å². The van der Waals surface area contributed by atoms with Crippen molar-refractivity contribution in [3.8, 4) is 67.5 Å². The first kappa shape index (κ1) is 37.6. The molecule has 0 spiro atoms. The molecule has 4 nitrogen and oxygen atoms in total. The third kappa shape index (κ3) is 6.48. The molecule has 0 atom stereocenters. The van der Waals surface area contributed by atoms with Gasteiger partial charge in [-0.3, -0.25) is 4.57 Å². The van der Waals surface area contributed by atoms with Gasteiger partial charge in [0.15, 0.2) is 0 Å². The van der Waals surface area contributed by atoms with Crippen LogP contribution in [0.5, 0.6) is 0 Å². The van der Waals surface area contributed by atoms with E-state index in [-0.39, 0.29) is 7.43 Å². The SMILES string of the molecule is C.c1ccc(-c2cc(-c3ccccc3)c3c(c2)c2cc(-c4ccc5c(c4)c4ccccc4n5-c4ccccc4)ccc2n3-c2nc(-c3ccccc3)cc(-c3ccccc3)n2)cc1. The van der Waals surface area contributed by atoms with E-state index in [4.69, 9.17) is 9.97 Å². The molecule has 3 heterocycles. The van der Waals surface area contributed by atoms with Crippen LogP contribution in [0.25, 0.3) is 111 Å². The lowest BCUT2D eigenvalue weighted by Crippen LogP contribution is -2.04. The van der Waals surface area contributed by atoms with E-state index in [0.29, 0.717) is 5.95 Å². The molecule has 12 rings (SSSR count). The summed E-state index contributed by atoms with van der Waals surface area (Å²) in [6.07, 6.45) is 0. The first-order chi connectivity index (χ1) is 30.7. The molecule has 0 fully saturated rings. The zero-order valence-corrected chi connectivity index (χ0v) is 33.7. The summed E-state index contributed by atoms with van der Waals surface area (Å²) in [6.45, 7) is 0. The van der Waals surface area contributed by atoms with E-state index in [1.807, 2.05) is 12.1 Å². The molecule has 0 saturated carbocycles. The quantitative estimate of drug-likeness (QED) is 0.161. The summed E-state index contributed by atoms with van der Waals surface area (Å²) in [4.78, 5) is 10.8. The fourth-order valence-corrected chi connectivity index (χ4v) is 9.23. The molecule has 0 saturated heterocycles. The minimum Gasteiger partial charge on any atom is -0.309 e. The Kier molecular flexibility index (Phi) is 9.32. The lowest BCUT2D eigenvalue weighted by Gasteiger charge is -2.15. The smallest absolute Gasteiger partial charge is 0.235 e. The number of hydrogen-bond donors (Lipinski definition) is 0. The number of nitrogens with zero attached hydrogens (tertiary/aromatic N) is 4. The van der Waals surface area contributed by atoms with Crippen LogP contribution in [0.15, 0.2) is 231 Å². The van der Waals surface area contributed by atoms with Crippen molar-refractivity contribution in [2.75, 3.05) is 0 Å². The molecule has 0 aliphatic heterocycles. The summed E-state index contributed by atoms with van der Waals surface area (Å²) >= 11 is 0. The van der Waals surface area contributed by atoms with Gasteiger partial charge in [-0.1, -0.05) is 177 Å². The summed E-state index contributed by atoms with van der Waals surface area (Å²) < 4.78 is 4.66. The molecule has 0 amide bonds. The van der Waals surface area contributed by atoms with Crippen molar-refractivity contribution in [3.63, 3.8) is 0 Å². The predicted octanol–water partition coefficient (Wildman–Crippen LogP) is 15.6. The minimum atomic E-state index is 0. The van der Waals surface area contributed by atoms with Crippen molar-refractivity contribution >= 4 is 43.6 Å². The maximum Gasteiger partial charge on any atom is 0.235 e. The molecule has 12 aromatic rings. The van der Waals surface area contributed by atoms with Crippen LogP contribution >= 0.6 is 0 Å². The fourth-order valence-electron chi connectivity index (χ4n) is 9.23. The van der Waals surface area contributed by atoms with Crippen molar-refractivity contribution in [2.45, 2.75) is 7.43 Å². The largest absolute Gasteiger partial charge is 0.309 e. The highest BCUT2D eigenvalue weighted by Crippen LogP contribution is 2.43. The van der Waals surface area contributed by atoms with Crippen LogP contribution in [-0.2, 0) is 0 Å². The van der Waals surface area contributed by atoms with Crippen LogP contribution < -0.4 is 0 Å². The van der Waals surface area contributed by atoms with Crippen LogP contribution in [0, 0.1) is 0 Å². The zero-order chi connectivity index (χ0) is 41.0. The predicted molar refractivity (Wildman–Crippen MR) is 265 cm³/mol. The van der Waals surface area contributed by atoms with E-state index in [1.165, 1.54) is 21.8 Å². The second kappa shape index (κ2) is 15.6. The van der Waals surface area contributed by atoms with Crippen molar-refractivity contribution in [2.24, 2.45) is 0 Å². The second-order valence-electron chi connectivity index (χ2n) is 15.8. The highest BCUT2D eigenvalue weighted by Gasteiger charge is 2.22. The van der Waals surface area contributed by atoms with Crippen LogP contribution in [0.3, 0.4) is 0 Å².